The fourth-order valence-electron chi connectivity index (χ4n) is 2.10. The van der Waals surface area contributed by atoms with Crippen LogP contribution in [-0.4, -0.2) is 31.5 Å². The predicted molar refractivity (Wildman–Crippen MR) is 76.1 cm³/mol. The highest BCUT2D eigenvalue weighted by molar-refractivity contribution is 8.04. The summed E-state index contributed by atoms with van der Waals surface area (Å²) in [5.74, 6) is 1.22. The average molecular weight is 307 g/mol. The third-order valence-electron chi connectivity index (χ3n) is 3.14. The van der Waals surface area contributed by atoms with Crippen molar-refractivity contribution >= 4 is 23.6 Å². The van der Waals surface area contributed by atoms with Crippen molar-refractivity contribution in [1.82, 2.24) is 5.32 Å². The van der Waals surface area contributed by atoms with Crippen molar-refractivity contribution in [3.63, 3.8) is 0 Å². The molecule has 0 saturated heterocycles. The summed E-state index contributed by atoms with van der Waals surface area (Å²) in [4.78, 5) is 24.3. The summed E-state index contributed by atoms with van der Waals surface area (Å²) in [6.07, 6.45) is 0.630. The number of hydrogen-bond acceptors (Lipinski definition) is 6. The van der Waals surface area contributed by atoms with Gasteiger partial charge in [-0.25, -0.2) is 4.79 Å². The van der Waals surface area contributed by atoms with E-state index in [1.54, 1.807) is 18.2 Å². The Labute approximate surface area is 125 Å². The van der Waals surface area contributed by atoms with Crippen LogP contribution in [0.1, 0.15) is 16.8 Å². The first kappa shape index (κ1) is 13.8. The van der Waals surface area contributed by atoms with Gasteiger partial charge in [0.25, 0.3) is 5.91 Å². The minimum absolute atomic E-state index is 0.161. The van der Waals surface area contributed by atoms with Crippen molar-refractivity contribution in [3.8, 4) is 11.5 Å². The second-order valence-electron chi connectivity index (χ2n) is 4.42. The Morgan fingerprint density at radius 2 is 2.10 bits per heavy atom. The SMILES string of the molecule is COC(=O)C1=C(NC(=O)c2ccc3c(c2)OCO3)CCS1. The molecule has 1 N–H and O–H groups in total. The number of esters is 1. The van der Waals surface area contributed by atoms with E-state index in [2.05, 4.69) is 5.32 Å². The summed E-state index contributed by atoms with van der Waals surface area (Å²) in [7, 11) is 1.32. The van der Waals surface area contributed by atoms with E-state index >= 15 is 0 Å². The maximum atomic E-state index is 12.3. The van der Waals surface area contributed by atoms with Crippen molar-refractivity contribution in [2.45, 2.75) is 6.42 Å². The zero-order chi connectivity index (χ0) is 14.8. The fraction of sp³-hybridized carbons (Fsp3) is 0.286. The van der Waals surface area contributed by atoms with E-state index in [0.717, 1.165) is 5.75 Å². The van der Waals surface area contributed by atoms with Gasteiger partial charge < -0.3 is 19.5 Å². The molecule has 1 aromatic carbocycles. The van der Waals surface area contributed by atoms with Crippen molar-refractivity contribution in [3.05, 3.63) is 34.4 Å². The Bertz CT molecular complexity index is 640. The molecule has 0 fully saturated rings. The van der Waals surface area contributed by atoms with Crippen molar-refractivity contribution in [2.75, 3.05) is 19.7 Å². The topological polar surface area (TPSA) is 73.9 Å². The van der Waals surface area contributed by atoms with E-state index in [4.69, 9.17) is 14.2 Å². The molecule has 1 amide bonds. The highest BCUT2D eigenvalue weighted by Crippen LogP contribution is 2.33. The first-order valence-electron chi connectivity index (χ1n) is 6.34. The largest absolute Gasteiger partial charge is 0.465 e. The molecule has 0 spiro atoms. The number of methoxy groups -OCH3 is 1. The number of amides is 1. The third kappa shape index (κ3) is 2.69. The van der Waals surface area contributed by atoms with Crippen LogP contribution in [0.4, 0.5) is 0 Å². The van der Waals surface area contributed by atoms with Gasteiger partial charge in [0.1, 0.15) is 4.91 Å². The van der Waals surface area contributed by atoms with Gasteiger partial charge in [-0.15, -0.1) is 11.8 Å². The van der Waals surface area contributed by atoms with Crippen LogP contribution in [0.5, 0.6) is 11.5 Å². The lowest BCUT2D eigenvalue weighted by Gasteiger charge is -2.08. The Hall–Kier alpha value is -2.15. The summed E-state index contributed by atoms with van der Waals surface area (Å²) in [6, 6.07) is 4.97. The first-order chi connectivity index (χ1) is 10.2. The van der Waals surface area contributed by atoms with E-state index in [0.29, 0.717) is 34.1 Å². The molecule has 2 aliphatic rings. The van der Waals surface area contributed by atoms with Gasteiger partial charge >= 0.3 is 5.97 Å². The standard InChI is InChI=1S/C14H13NO5S/c1-18-14(17)12-9(4-5-21-12)15-13(16)8-2-3-10-11(6-8)20-7-19-10/h2-3,6H,4-5,7H2,1H3,(H,15,16). The van der Waals surface area contributed by atoms with Crippen LogP contribution in [0.2, 0.25) is 0 Å². The normalized spacial score (nSPS) is 16.0. The molecule has 6 nitrogen and oxygen atoms in total. The Balaban J connectivity index is 1.78. The number of ether oxygens (including phenoxy) is 3. The van der Waals surface area contributed by atoms with Crippen molar-refractivity contribution < 1.29 is 23.8 Å². The minimum atomic E-state index is -0.418. The molecule has 0 aromatic heterocycles. The van der Waals surface area contributed by atoms with E-state index < -0.39 is 5.97 Å². The third-order valence-corrected chi connectivity index (χ3v) is 4.25. The molecule has 3 rings (SSSR count). The molecule has 1 aromatic rings. The highest BCUT2D eigenvalue weighted by Gasteiger charge is 2.24. The number of carbonyl (C=O) groups excluding carboxylic acids is 2. The number of thioether (sulfide) groups is 1. The number of allylic oxidation sites excluding steroid dienone is 1. The first-order valence-corrected chi connectivity index (χ1v) is 7.33. The summed E-state index contributed by atoms with van der Waals surface area (Å²) in [6.45, 7) is 0.161. The van der Waals surface area contributed by atoms with Crippen LogP contribution in [0.25, 0.3) is 0 Å². The van der Waals surface area contributed by atoms with Gasteiger partial charge in [0.2, 0.25) is 6.79 Å². The summed E-state index contributed by atoms with van der Waals surface area (Å²) in [5, 5.41) is 2.77. The predicted octanol–water partition coefficient (Wildman–Crippen LogP) is 1.67. The fourth-order valence-corrected chi connectivity index (χ4v) is 3.14. The molecular weight excluding hydrogens is 294 g/mol. The molecule has 110 valence electrons. The van der Waals surface area contributed by atoms with Crippen LogP contribution >= 0.6 is 11.8 Å². The van der Waals surface area contributed by atoms with E-state index in [9.17, 15) is 9.59 Å². The Morgan fingerprint density at radius 3 is 2.90 bits per heavy atom. The molecule has 2 heterocycles. The second kappa shape index (κ2) is 5.69. The molecule has 21 heavy (non-hydrogen) atoms. The number of nitrogens with one attached hydrogen (secondary N) is 1. The lowest BCUT2D eigenvalue weighted by molar-refractivity contribution is -0.135. The maximum Gasteiger partial charge on any atom is 0.346 e. The highest BCUT2D eigenvalue weighted by atomic mass is 32.2. The summed E-state index contributed by atoms with van der Waals surface area (Å²) >= 11 is 1.39. The molecular formula is C14H13NO5S. The molecule has 0 radical (unpaired) electrons. The molecule has 2 aliphatic heterocycles. The smallest absolute Gasteiger partial charge is 0.346 e. The summed E-state index contributed by atoms with van der Waals surface area (Å²) < 4.78 is 15.2. The van der Waals surface area contributed by atoms with Crippen molar-refractivity contribution in [2.24, 2.45) is 0 Å². The molecule has 0 unspecified atom stereocenters. The van der Waals surface area contributed by atoms with E-state index in [1.165, 1.54) is 18.9 Å². The minimum Gasteiger partial charge on any atom is -0.465 e. The zero-order valence-corrected chi connectivity index (χ0v) is 12.1. The average Bonchev–Trinajstić information content (AvgIpc) is 3.14. The molecule has 7 heteroatoms. The Morgan fingerprint density at radius 1 is 1.29 bits per heavy atom. The van der Waals surface area contributed by atoms with Crippen molar-refractivity contribution in [1.29, 1.82) is 0 Å². The number of rotatable bonds is 3. The van der Waals surface area contributed by atoms with Gasteiger partial charge in [-0.1, -0.05) is 0 Å². The lowest BCUT2D eigenvalue weighted by Crippen LogP contribution is -2.24. The van der Waals surface area contributed by atoms with E-state index in [-0.39, 0.29) is 12.7 Å². The van der Waals surface area contributed by atoms with Gasteiger partial charge in [-0.3, -0.25) is 4.79 Å². The molecule has 0 aliphatic carbocycles. The van der Waals surface area contributed by atoms with E-state index in [1.807, 2.05) is 0 Å². The number of hydrogen-bond donors (Lipinski definition) is 1. The van der Waals surface area contributed by atoms with Gasteiger partial charge in [-0.05, 0) is 24.6 Å². The molecule has 0 bridgehead atoms. The molecule has 0 atom stereocenters. The molecule has 0 saturated carbocycles. The van der Waals surface area contributed by atoms with Gasteiger partial charge in [0.05, 0.1) is 7.11 Å². The van der Waals surface area contributed by atoms with Gasteiger partial charge in [0, 0.05) is 17.0 Å². The number of fused-ring (bicyclic) bond motifs is 1. The lowest BCUT2D eigenvalue weighted by atomic mass is 10.2. The summed E-state index contributed by atoms with van der Waals surface area (Å²) in [5.41, 5.74) is 1.06. The number of benzene rings is 1. The van der Waals surface area contributed by atoms with Crippen LogP contribution in [0, 0.1) is 0 Å². The van der Waals surface area contributed by atoms with Gasteiger partial charge in [-0.2, -0.15) is 0 Å². The van der Waals surface area contributed by atoms with Crippen LogP contribution < -0.4 is 14.8 Å². The maximum absolute atomic E-state index is 12.3. The van der Waals surface area contributed by atoms with Crippen LogP contribution in [0.15, 0.2) is 28.8 Å². The van der Waals surface area contributed by atoms with Crippen LogP contribution in [-0.2, 0) is 9.53 Å². The monoisotopic (exact) mass is 307 g/mol. The van der Waals surface area contributed by atoms with Crippen LogP contribution in [0.3, 0.4) is 0 Å². The Kier molecular flexibility index (Phi) is 3.74. The van der Waals surface area contributed by atoms with Gasteiger partial charge in [0.15, 0.2) is 11.5 Å². The number of carbonyl (C=O) groups is 2. The second-order valence-corrected chi connectivity index (χ2v) is 5.53. The quantitative estimate of drug-likeness (QED) is 0.856. The zero-order valence-electron chi connectivity index (χ0n) is 11.3.